The molecule has 0 spiro atoms. The molecule has 1 amide bonds. The number of benzene rings is 2. The maximum Gasteiger partial charge on any atom is 0.267 e. The molecule has 0 bridgehead atoms. The highest BCUT2D eigenvalue weighted by Gasteiger charge is 2.27. The summed E-state index contributed by atoms with van der Waals surface area (Å²) in [5.41, 5.74) is 0.557. The molecule has 1 heterocycles. The van der Waals surface area contributed by atoms with Crippen molar-refractivity contribution in [3.63, 3.8) is 0 Å². The normalized spacial score (nSPS) is 15.0. The van der Waals surface area contributed by atoms with Gasteiger partial charge >= 0.3 is 0 Å². The predicted molar refractivity (Wildman–Crippen MR) is 93.6 cm³/mol. The van der Waals surface area contributed by atoms with Crippen LogP contribution in [0.4, 0.5) is 0 Å². The van der Waals surface area contributed by atoms with Crippen molar-refractivity contribution in [1.29, 1.82) is 0 Å². The summed E-state index contributed by atoms with van der Waals surface area (Å²) in [5.74, 6) is 0.0433. The lowest BCUT2D eigenvalue weighted by atomic mass is 10.1. The zero-order chi connectivity index (χ0) is 18.6. The van der Waals surface area contributed by atoms with Gasteiger partial charge < -0.3 is 14.2 Å². The van der Waals surface area contributed by atoms with Crippen LogP contribution in [0.15, 0.2) is 53.4 Å². The van der Waals surface area contributed by atoms with Crippen LogP contribution in [-0.2, 0) is 19.6 Å². The smallest absolute Gasteiger partial charge is 0.267 e. The van der Waals surface area contributed by atoms with Crippen LogP contribution >= 0.6 is 0 Å². The van der Waals surface area contributed by atoms with Crippen molar-refractivity contribution in [2.45, 2.75) is 17.4 Å². The molecule has 26 heavy (non-hydrogen) atoms. The van der Waals surface area contributed by atoms with Crippen molar-refractivity contribution >= 4 is 15.9 Å². The summed E-state index contributed by atoms with van der Waals surface area (Å²) in [4.78, 5) is 12.4. The fourth-order valence-electron chi connectivity index (χ4n) is 2.58. The van der Waals surface area contributed by atoms with Gasteiger partial charge in [-0.15, -0.1) is 0 Å². The summed E-state index contributed by atoms with van der Waals surface area (Å²) in [6.07, 6.45) is -0.327. The molecule has 1 aliphatic heterocycles. The average molecular weight is 377 g/mol. The Kier molecular flexibility index (Phi) is 5.43. The summed E-state index contributed by atoms with van der Waals surface area (Å²) in [6, 6.07) is 12.9. The van der Waals surface area contributed by atoms with E-state index in [1.165, 1.54) is 25.3 Å². The van der Waals surface area contributed by atoms with Crippen LogP contribution < -0.4 is 14.2 Å². The van der Waals surface area contributed by atoms with Gasteiger partial charge in [0.05, 0.1) is 18.1 Å². The van der Waals surface area contributed by atoms with Gasteiger partial charge in [-0.05, 0) is 17.7 Å². The van der Waals surface area contributed by atoms with Gasteiger partial charge in [0, 0.05) is 19.6 Å². The van der Waals surface area contributed by atoms with Crippen LogP contribution in [0, 0.1) is 0 Å². The molecule has 7 nitrogen and oxygen atoms in total. The second kappa shape index (κ2) is 7.76. The van der Waals surface area contributed by atoms with Crippen LogP contribution in [0.5, 0.6) is 11.5 Å². The predicted octanol–water partition coefficient (Wildman–Crippen LogP) is 2.04. The zero-order valence-electron chi connectivity index (χ0n) is 14.2. The molecule has 0 radical (unpaired) electrons. The van der Waals surface area contributed by atoms with Crippen molar-refractivity contribution < 1.29 is 27.4 Å². The third-order valence-electron chi connectivity index (χ3n) is 3.84. The van der Waals surface area contributed by atoms with E-state index in [0.29, 0.717) is 36.7 Å². The lowest BCUT2D eigenvalue weighted by molar-refractivity contribution is -0.129. The number of rotatable bonds is 5. The van der Waals surface area contributed by atoms with Crippen LogP contribution in [-0.4, -0.2) is 34.6 Å². The number of carbonyl (C=O) groups is 1. The number of fused-ring (bicyclic) bond motifs is 1. The topological polar surface area (TPSA) is 90.9 Å². The molecule has 2 aromatic rings. The summed E-state index contributed by atoms with van der Waals surface area (Å²) in [5, 5.41) is 0. The van der Waals surface area contributed by atoms with Crippen LogP contribution in [0.2, 0.25) is 0 Å². The SMILES string of the molecule is CO[C@H](C(=O)NS(=O)(=O)c1ccc2c(c1)OCCCO2)c1ccccc1. The molecule has 2 aromatic carbocycles. The van der Waals surface area contributed by atoms with Gasteiger partial charge in [-0.2, -0.15) is 0 Å². The fourth-order valence-corrected chi connectivity index (χ4v) is 3.58. The first-order valence-electron chi connectivity index (χ1n) is 8.05. The Hall–Kier alpha value is -2.58. The number of amides is 1. The summed E-state index contributed by atoms with van der Waals surface area (Å²) >= 11 is 0. The molecule has 0 unspecified atom stereocenters. The molecular formula is C18H19NO6S. The van der Waals surface area contributed by atoms with E-state index in [9.17, 15) is 13.2 Å². The van der Waals surface area contributed by atoms with Gasteiger partial charge in [-0.25, -0.2) is 13.1 Å². The number of carbonyl (C=O) groups excluding carboxylic acids is 1. The van der Waals surface area contributed by atoms with Gasteiger partial charge in [-0.1, -0.05) is 30.3 Å². The van der Waals surface area contributed by atoms with Crippen LogP contribution in [0.1, 0.15) is 18.1 Å². The highest BCUT2D eigenvalue weighted by atomic mass is 32.2. The summed E-state index contributed by atoms with van der Waals surface area (Å²) < 4.78 is 43.4. The fraction of sp³-hybridized carbons (Fsp3) is 0.278. The molecule has 8 heteroatoms. The number of ether oxygens (including phenoxy) is 3. The van der Waals surface area contributed by atoms with Gasteiger partial charge in [0.25, 0.3) is 15.9 Å². The van der Waals surface area contributed by atoms with Crippen molar-refractivity contribution in [3.05, 3.63) is 54.1 Å². The van der Waals surface area contributed by atoms with Gasteiger partial charge in [0.1, 0.15) is 0 Å². The van der Waals surface area contributed by atoms with E-state index in [0.717, 1.165) is 0 Å². The molecule has 3 rings (SSSR count). The molecular weight excluding hydrogens is 358 g/mol. The quantitative estimate of drug-likeness (QED) is 0.857. The molecule has 0 fully saturated rings. The minimum absolute atomic E-state index is 0.0852. The summed E-state index contributed by atoms with van der Waals surface area (Å²) in [6.45, 7) is 0.936. The number of hydrogen-bond acceptors (Lipinski definition) is 6. The lowest BCUT2D eigenvalue weighted by Gasteiger charge is -2.16. The molecule has 138 valence electrons. The van der Waals surface area contributed by atoms with E-state index in [1.807, 2.05) is 0 Å². The molecule has 1 N–H and O–H groups in total. The lowest BCUT2D eigenvalue weighted by Crippen LogP contribution is -2.35. The van der Waals surface area contributed by atoms with Crippen molar-refractivity contribution in [2.75, 3.05) is 20.3 Å². The summed E-state index contributed by atoms with van der Waals surface area (Å²) in [7, 11) is -2.74. The minimum atomic E-state index is -4.08. The van der Waals surface area contributed by atoms with E-state index >= 15 is 0 Å². The van der Waals surface area contributed by atoms with Crippen LogP contribution in [0.3, 0.4) is 0 Å². The van der Waals surface area contributed by atoms with E-state index in [2.05, 4.69) is 4.72 Å². The van der Waals surface area contributed by atoms with Gasteiger partial charge in [0.2, 0.25) is 0 Å². The van der Waals surface area contributed by atoms with Gasteiger partial charge in [0.15, 0.2) is 17.6 Å². The highest BCUT2D eigenvalue weighted by Crippen LogP contribution is 2.32. The zero-order valence-corrected chi connectivity index (χ0v) is 15.0. The Bertz CT molecular complexity index is 882. The molecule has 1 aliphatic rings. The first-order valence-corrected chi connectivity index (χ1v) is 9.53. The van der Waals surface area contributed by atoms with Crippen molar-refractivity contribution in [3.8, 4) is 11.5 Å². The third-order valence-corrected chi connectivity index (χ3v) is 5.18. The van der Waals surface area contributed by atoms with Gasteiger partial charge in [-0.3, -0.25) is 4.79 Å². The van der Waals surface area contributed by atoms with E-state index in [-0.39, 0.29) is 4.90 Å². The highest BCUT2D eigenvalue weighted by molar-refractivity contribution is 7.90. The average Bonchev–Trinajstić information content (AvgIpc) is 2.87. The molecule has 1 atom stereocenters. The number of nitrogens with one attached hydrogen (secondary N) is 1. The van der Waals surface area contributed by atoms with E-state index in [4.69, 9.17) is 14.2 Å². The largest absolute Gasteiger partial charge is 0.490 e. The Morgan fingerprint density at radius 3 is 2.46 bits per heavy atom. The molecule has 0 saturated carbocycles. The number of methoxy groups -OCH3 is 1. The second-order valence-corrected chi connectivity index (χ2v) is 7.34. The van der Waals surface area contributed by atoms with Crippen molar-refractivity contribution in [2.24, 2.45) is 0 Å². The maximum atomic E-state index is 12.6. The molecule has 0 aliphatic carbocycles. The first-order chi connectivity index (χ1) is 12.5. The minimum Gasteiger partial charge on any atom is -0.490 e. The first kappa shape index (κ1) is 18.2. The second-order valence-electron chi connectivity index (χ2n) is 5.66. The maximum absolute atomic E-state index is 12.6. The molecule has 0 aromatic heterocycles. The molecule has 0 saturated heterocycles. The Balaban J connectivity index is 1.82. The standard InChI is InChI=1S/C18H19NO6S/c1-23-17(13-6-3-2-4-7-13)18(20)19-26(21,22)14-8-9-15-16(12-14)25-11-5-10-24-15/h2-4,6-9,12,17H,5,10-11H2,1H3,(H,19,20)/t17-/m0/s1. The van der Waals surface area contributed by atoms with Crippen molar-refractivity contribution in [1.82, 2.24) is 4.72 Å². The Morgan fingerprint density at radius 2 is 1.77 bits per heavy atom. The Morgan fingerprint density at radius 1 is 1.08 bits per heavy atom. The van der Waals surface area contributed by atoms with Crippen LogP contribution in [0.25, 0.3) is 0 Å². The Labute approximate surface area is 151 Å². The third kappa shape index (κ3) is 3.97. The number of hydrogen-bond donors (Lipinski definition) is 1. The van der Waals surface area contributed by atoms with E-state index < -0.39 is 22.0 Å². The monoisotopic (exact) mass is 377 g/mol. The number of sulfonamides is 1. The van der Waals surface area contributed by atoms with E-state index in [1.54, 1.807) is 30.3 Å².